The lowest BCUT2D eigenvalue weighted by atomic mass is 10.0. The summed E-state index contributed by atoms with van der Waals surface area (Å²) >= 11 is 0. The second-order valence-corrected chi connectivity index (χ2v) is 3.87. The third-order valence-corrected chi connectivity index (χ3v) is 2.61. The van der Waals surface area contributed by atoms with Crippen LogP contribution in [-0.4, -0.2) is 16.3 Å². The third-order valence-electron chi connectivity index (χ3n) is 2.61. The smallest absolute Gasteiger partial charge is 0.404 e. The first-order chi connectivity index (χ1) is 8.66. The van der Waals surface area contributed by atoms with E-state index in [1.54, 1.807) is 12.1 Å². The summed E-state index contributed by atoms with van der Waals surface area (Å²) < 4.78 is 0. The Kier molecular flexibility index (Phi) is 3.48. The van der Waals surface area contributed by atoms with Crippen LogP contribution in [0.5, 0.6) is 5.75 Å². The Morgan fingerprint density at radius 1 is 1.06 bits per heavy atom. The summed E-state index contributed by atoms with van der Waals surface area (Å²) in [6.45, 7) is 0.274. The van der Waals surface area contributed by atoms with Gasteiger partial charge in [0, 0.05) is 12.1 Å². The molecule has 0 spiro atoms. The van der Waals surface area contributed by atoms with Gasteiger partial charge in [0.1, 0.15) is 5.75 Å². The van der Waals surface area contributed by atoms with Crippen LogP contribution in [-0.2, 0) is 6.54 Å². The Morgan fingerprint density at radius 3 is 2.33 bits per heavy atom. The Morgan fingerprint density at radius 2 is 1.72 bits per heavy atom. The van der Waals surface area contributed by atoms with Crippen molar-refractivity contribution in [3.63, 3.8) is 0 Å². The number of carboxylic acid groups (broad SMARTS) is 1. The van der Waals surface area contributed by atoms with Gasteiger partial charge in [-0.2, -0.15) is 0 Å². The van der Waals surface area contributed by atoms with Crippen molar-refractivity contribution >= 4 is 6.09 Å². The molecule has 2 aromatic carbocycles. The molecule has 0 fully saturated rings. The number of hydrogen-bond acceptors (Lipinski definition) is 2. The highest BCUT2D eigenvalue weighted by molar-refractivity contribution is 5.70. The number of phenols is 1. The van der Waals surface area contributed by atoms with Crippen molar-refractivity contribution in [1.29, 1.82) is 0 Å². The predicted octanol–water partition coefficient (Wildman–Crippen LogP) is 2.83. The lowest BCUT2D eigenvalue weighted by Gasteiger charge is -2.06. The monoisotopic (exact) mass is 243 g/mol. The SMILES string of the molecule is O=C(O)NCc1ccc(-c2ccccc2O)cc1. The lowest BCUT2D eigenvalue weighted by molar-refractivity contribution is 0.194. The van der Waals surface area contributed by atoms with Crippen LogP contribution in [0.1, 0.15) is 5.56 Å². The maximum absolute atomic E-state index is 10.4. The zero-order valence-electron chi connectivity index (χ0n) is 9.63. The average Bonchev–Trinajstić information content (AvgIpc) is 2.38. The van der Waals surface area contributed by atoms with E-state index in [-0.39, 0.29) is 12.3 Å². The van der Waals surface area contributed by atoms with E-state index in [4.69, 9.17) is 5.11 Å². The number of amides is 1. The van der Waals surface area contributed by atoms with Gasteiger partial charge < -0.3 is 15.5 Å². The Bertz CT molecular complexity index is 549. The van der Waals surface area contributed by atoms with Crippen molar-refractivity contribution in [1.82, 2.24) is 5.32 Å². The molecule has 0 saturated heterocycles. The summed E-state index contributed by atoms with van der Waals surface area (Å²) in [7, 11) is 0. The van der Waals surface area contributed by atoms with Gasteiger partial charge in [0.2, 0.25) is 0 Å². The fourth-order valence-electron chi connectivity index (χ4n) is 1.70. The van der Waals surface area contributed by atoms with Gasteiger partial charge >= 0.3 is 6.09 Å². The normalized spacial score (nSPS) is 10.0. The summed E-state index contributed by atoms with van der Waals surface area (Å²) in [5.41, 5.74) is 2.53. The van der Waals surface area contributed by atoms with Gasteiger partial charge in [-0.15, -0.1) is 0 Å². The van der Waals surface area contributed by atoms with Gasteiger partial charge in [0.25, 0.3) is 0 Å². The first kappa shape index (κ1) is 12.0. The van der Waals surface area contributed by atoms with E-state index < -0.39 is 6.09 Å². The Hall–Kier alpha value is -2.49. The van der Waals surface area contributed by atoms with Gasteiger partial charge in [-0.05, 0) is 17.2 Å². The van der Waals surface area contributed by atoms with Crippen molar-refractivity contribution in [3.05, 3.63) is 54.1 Å². The summed E-state index contributed by atoms with van der Waals surface area (Å²) in [5.74, 6) is 0.230. The molecular weight excluding hydrogens is 230 g/mol. The third kappa shape index (κ3) is 2.79. The molecule has 2 rings (SSSR count). The Balaban J connectivity index is 2.17. The number of carbonyl (C=O) groups is 1. The van der Waals surface area contributed by atoms with Gasteiger partial charge in [-0.3, -0.25) is 0 Å². The highest BCUT2D eigenvalue weighted by Crippen LogP contribution is 2.28. The molecule has 0 aromatic heterocycles. The van der Waals surface area contributed by atoms with Crippen LogP contribution in [0.3, 0.4) is 0 Å². The second-order valence-electron chi connectivity index (χ2n) is 3.87. The minimum atomic E-state index is -1.04. The highest BCUT2D eigenvalue weighted by Gasteiger charge is 2.03. The standard InChI is InChI=1S/C14H13NO3/c16-13-4-2-1-3-12(13)11-7-5-10(6-8-11)9-15-14(17)18/h1-8,15-16H,9H2,(H,17,18). The quantitative estimate of drug-likeness (QED) is 0.776. The number of phenolic OH excluding ortho intramolecular Hbond substituents is 1. The molecule has 92 valence electrons. The molecule has 0 atom stereocenters. The van der Waals surface area contributed by atoms with E-state index in [0.717, 1.165) is 16.7 Å². The van der Waals surface area contributed by atoms with Crippen molar-refractivity contribution in [2.45, 2.75) is 6.54 Å². The number of aromatic hydroxyl groups is 1. The molecule has 4 nitrogen and oxygen atoms in total. The zero-order valence-corrected chi connectivity index (χ0v) is 9.63. The number of benzene rings is 2. The molecule has 0 radical (unpaired) electrons. The number of hydrogen-bond donors (Lipinski definition) is 3. The minimum Gasteiger partial charge on any atom is -0.507 e. The van der Waals surface area contributed by atoms with E-state index in [2.05, 4.69) is 5.32 Å². The summed E-state index contributed by atoms with van der Waals surface area (Å²) in [6.07, 6.45) is -1.04. The molecule has 18 heavy (non-hydrogen) atoms. The molecule has 1 amide bonds. The molecule has 0 aliphatic carbocycles. The molecule has 4 heteroatoms. The molecular formula is C14H13NO3. The highest BCUT2D eigenvalue weighted by atomic mass is 16.4. The van der Waals surface area contributed by atoms with Gasteiger partial charge in [-0.1, -0.05) is 42.5 Å². The van der Waals surface area contributed by atoms with E-state index in [1.165, 1.54) is 0 Å². The first-order valence-electron chi connectivity index (χ1n) is 5.51. The Labute approximate surface area is 105 Å². The van der Waals surface area contributed by atoms with Crippen LogP contribution in [0.2, 0.25) is 0 Å². The summed E-state index contributed by atoms with van der Waals surface area (Å²) in [6, 6.07) is 14.5. The zero-order chi connectivity index (χ0) is 13.0. The first-order valence-corrected chi connectivity index (χ1v) is 5.51. The van der Waals surface area contributed by atoms with Gasteiger partial charge in [0.15, 0.2) is 0 Å². The van der Waals surface area contributed by atoms with Crippen LogP contribution < -0.4 is 5.32 Å². The molecule has 2 aromatic rings. The fraction of sp³-hybridized carbons (Fsp3) is 0.0714. The molecule has 0 aliphatic heterocycles. The summed E-state index contributed by atoms with van der Waals surface area (Å²) in [5, 5.41) is 20.5. The van der Waals surface area contributed by atoms with E-state index in [0.29, 0.717) is 0 Å². The predicted molar refractivity (Wildman–Crippen MR) is 68.4 cm³/mol. The van der Waals surface area contributed by atoms with Crippen molar-refractivity contribution in [3.8, 4) is 16.9 Å². The largest absolute Gasteiger partial charge is 0.507 e. The molecule has 0 heterocycles. The van der Waals surface area contributed by atoms with Crippen molar-refractivity contribution in [2.24, 2.45) is 0 Å². The number of para-hydroxylation sites is 1. The topological polar surface area (TPSA) is 69.6 Å². The van der Waals surface area contributed by atoms with E-state index >= 15 is 0 Å². The van der Waals surface area contributed by atoms with Crippen molar-refractivity contribution < 1.29 is 15.0 Å². The number of rotatable bonds is 3. The average molecular weight is 243 g/mol. The maximum Gasteiger partial charge on any atom is 0.404 e. The van der Waals surface area contributed by atoms with Crippen LogP contribution in [0.15, 0.2) is 48.5 Å². The number of nitrogens with one attached hydrogen (secondary N) is 1. The molecule has 0 saturated carbocycles. The fourth-order valence-corrected chi connectivity index (χ4v) is 1.70. The molecule has 0 bridgehead atoms. The van der Waals surface area contributed by atoms with Crippen LogP contribution in [0, 0.1) is 0 Å². The lowest BCUT2D eigenvalue weighted by Crippen LogP contribution is -2.19. The molecule has 0 unspecified atom stereocenters. The van der Waals surface area contributed by atoms with Crippen LogP contribution in [0.25, 0.3) is 11.1 Å². The van der Waals surface area contributed by atoms with E-state index in [9.17, 15) is 9.90 Å². The van der Waals surface area contributed by atoms with Crippen molar-refractivity contribution in [2.75, 3.05) is 0 Å². The summed E-state index contributed by atoms with van der Waals surface area (Å²) in [4.78, 5) is 10.4. The van der Waals surface area contributed by atoms with Gasteiger partial charge in [0.05, 0.1) is 0 Å². The van der Waals surface area contributed by atoms with Crippen LogP contribution in [0.4, 0.5) is 4.79 Å². The van der Waals surface area contributed by atoms with Crippen LogP contribution >= 0.6 is 0 Å². The second kappa shape index (κ2) is 5.23. The minimum absolute atomic E-state index is 0.230. The maximum atomic E-state index is 10.4. The molecule has 0 aliphatic rings. The van der Waals surface area contributed by atoms with E-state index in [1.807, 2.05) is 36.4 Å². The van der Waals surface area contributed by atoms with Gasteiger partial charge in [-0.25, -0.2) is 4.79 Å². The molecule has 3 N–H and O–H groups in total.